The number of piperazine rings is 1. The van der Waals surface area contributed by atoms with Gasteiger partial charge >= 0.3 is 6.18 Å². The van der Waals surface area contributed by atoms with Gasteiger partial charge in [-0.2, -0.15) is 18.2 Å². The van der Waals surface area contributed by atoms with E-state index in [0.717, 1.165) is 25.2 Å². The van der Waals surface area contributed by atoms with Crippen molar-refractivity contribution in [2.24, 2.45) is 0 Å². The SMILES string of the molecule is Cc1ccc(C)c(N2CCN(C(=O)CCc3nc(-c4ccc(C(F)(F)F)cc4)no3)CC2)c1. The van der Waals surface area contributed by atoms with Crippen molar-refractivity contribution in [2.75, 3.05) is 31.1 Å². The van der Waals surface area contributed by atoms with E-state index in [1.807, 2.05) is 4.90 Å². The summed E-state index contributed by atoms with van der Waals surface area (Å²) >= 11 is 0. The number of nitrogens with zero attached hydrogens (tertiary/aromatic N) is 4. The summed E-state index contributed by atoms with van der Waals surface area (Å²) in [5.74, 6) is 0.505. The molecule has 33 heavy (non-hydrogen) atoms. The first-order valence-corrected chi connectivity index (χ1v) is 10.8. The van der Waals surface area contributed by atoms with Crippen molar-refractivity contribution in [1.29, 1.82) is 0 Å². The van der Waals surface area contributed by atoms with Crippen molar-refractivity contribution in [3.63, 3.8) is 0 Å². The molecule has 3 aromatic rings. The summed E-state index contributed by atoms with van der Waals surface area (Å²) in [5.41, 5.74) is 3.33. The molecule has 6 nitrogen and oxygen atoms in total. The number of amides is 1. The van der Waals surface area contributed by atoms with Gasteiger partial charge in [0.1, 0.15) is 0 Å². The van der Waals surface area contributed by atoms with Crippen molar-refractivity contribution in [1.82, 2.24) is 15.0 Å². The lowest BCUT2D eigenvalue weighted by Gasteiger charge is -2.37. The Morgan fingerprint density at radius 3 is 2.39 bits per heavy atom. The zero-order valence-electron chi connectivity index (χ0n) is 18.5. The van der Waals surface area contributed by atoms with Crippen LogP contribution in [0.15, 0.2) is 47.0 Å². The van der Waals surface area contributed by atoms with E-state index in [0.29, 0.717) is 18.7 Å². The topological polar surface area (TPSA) is 62.5 Å². The zero-order chi connectivity index (χ0) is 23.6. The molecular formula is C24H25F3N4O2. The smallest absolute Gasteiger partial charge is 0.368 e. The average Bonchev–Trinajstić information content (AvgIpc) is 3.28. The number of alkyl halides is 3. The molecule has 1 amide bonds. The molecule has 0 unspecified atom stereocenters. The molecule has 4 rings (SSSR count). The van der Waals surface area contributed by atoms with Gasteiger partial charge in [-0.3, -0.25) is 4.79 Å². The van der Waals surface area contributed by atoms with Gasteiger partial charge in [0.15, 0.2) is 0 Å². The molecule has 0 saturated carbocycles. The molecule has 0 bridgehead atoms. The number of hydrogen-bond donors (Lipinski definition) is 0. The van der Waals surface area contributed by atoms with Crippen LogP contribution in [-0.4, -0.2) is 47.1 Å². The van der Waals surface area contributed by atoms with Gasteiger partial charge in [0.2, 0.25) is 17.6 Å². The predicted molar refractivity (Wildman–Crippen MR) is 118 cm³/mol. The molecule has 0 radical (unpaired) electrons. The van der Waals surface area contributed by atoms with Crippen molar-refractivity contribution < 1.29 is 22.5 Å². The molecule has 1 aliphatic rings. The molecule has 1 fully saturated rings. The fourth-order valence-corrected chi connectivity index (χ4v) is 3.91. The summed E-state index contributed by atoms with van der Waals surface area (Å²) < 4.78 is 43.3. The standard InChI is InChI=1S/C24H25F3N4O2/c1-16-3-4-17(2)20(15-16)30-11-13-31(14-12-30)22(32)10-9-21-28-23(29-33-21)18-5-7-19(8-6-18)24(25,26)27/h3-8,15H,9-14H2,1-2H3. The summed E-state index contributed by atoms with van der Waals surface area (Å²) in [4.78, 5) is 21.0. The molecule has 9 heteroatoms. The largest absolute Gasteiger partial charge is 0.416 e. The van der Waals surface area contributed by atoms with E-state index < -0.39 is 11.7 Å². The van der Waals surface area contributed by atoms with Gasteiger partial charge in [-0.25, -0.2) is 0 Å². The van der Waals surface area contributed by atoms with Crippen molar-refractivity contribution in [3.8, 4) is 11.4 Å². The minimum absolute atomic E-state index is 0.0184. The van der Waals surface area contributed by atoms with E-state index in [1.54, 1.807) is 0 Å². The van der Waals surface area contributed by atoms with E-state index in [2.05, 4.69) is 47.1 Å². The third-order valence-electron chi connectivity index (χ3n) is 5.83. The third-order valence-corrected chi connectivity index (χ3v) is 5.83. The maximum absolute atomic E-state index is 12.7. The van der Waals surface area contributed by atoms with Crippen LogP contribution in [0.3, 0.4) is 0 Å². The fourth-order valence-electron chi connectivity index (χ4n) is 3.91. The lowest BCUT2D eigenvalue weighted by atomic mass is 10.1. The van der Waals surface area contributed by atoms with Gasteiger partial charge in [0, 0.05) is 50.3 Å². The lowest BCUT2D eigenvalue weighted by molar-refractivity contribution is -0.137. The molecule has 174 valence electrons. The monoisotopic (exact) mass is 458 g/mol. The number of benzene rings is 2. The van der Waals surface area contributed by atoms with Crippen LogP contribution in [0, 0.1) is 13.8 Å². The van der Waals surface area contributed by atoms with Crippen molar-refractivity contribution in [3.05, 3.63) is 65.0 Å². The fraction of sp³-hybridized carbons (Fsp3) is 0.375. The van der Waals surface area contributed by atoms with Gasteiger partial charge in [-0.15, -0.1) is 0 Å². The van der Waals surface area contributed by atoms with Gasteiger partial charge < -0.3 is 14.3 Å². The van der Waals surface area contributed by atoms with E-state index in [9.17, 15) is 18.0 Å². The number of carbonyl (C=O) groups is 1. The zero-order valence-corrected chi connectivity index (χ0v) is 18.5. The summed E-state index contributed by atoms with van der Waals surface area (Å²) in [6, 6.07) is 11.0. The van der Waals surface area contributed by atoms with Crippen LogP contribution in [0.2, 0.25) is 0 Å². The number of aromatic nitrogens is 2. The Kier molecular flexibility index (Phi) is 6.40. The van der Waals surface area contributed by atoms with Crippen LogP contribution in [0.25, 0.3) is 11.4 Å². The van der Waals surface area contributed by atoms with Gasteiger partial charge in [0.05, 0.1) is 5.56 Å². The van der Waals surface area contributed by atoms with Crippen LogP contribution in [-0.2, 0) is 17.4 Å². The minimum atomic E-state index is -4.40. The van der Waals surface area contributed by atoms with Gasteiger partial charge in [0.25, 0.3) is 0 Å². The van der Waals surface area contributed by atoms with Crippen molar-refractivity contribution >= 4 is 11.6 Å². The van der Waals surface area contributed by atoms with Crippen LogP contribution >= 0.6 is 0 Å². The molecular weight excluding hydrogens is 433 g/mol. The first-order valence-electron chi connectivity index (χ1n) is 10.8. The maximum atomic E-state index is 12.7. The Balaban J connectivity index is 1.29. The highest BCUT2D eigenvalue weighted by Crippen LogP contribution is 2.30. The molecule has 2 aromatic carbocycles. The molecule has 1 aromatic heterocycles. The minimum Gasteiger partial charge on any atom is -0.368 e. The normalized spacial score (nSPS) is 14.6. The number of aryl methyl sites for hydroxylation is 3. The number of rotatable bonds is 5. The van der Waals surface area contributed by atoms with Crippen LogP contribution in [0.1, 0.15) is 29.0 Å². The van der Waals surface area contributed by atoms with Gasteiger partial charge in [-0.05, 0) is 43.2 Å². The highest BCUT2D eigenvalue weighted by Gasteiger charge is 2.30. The Morgan fingerprint density at radius 2 is 1.73 bits per heavy atom. The average molecular weight is 458 g/mol. The van der Waals surface area contributed by atoms with E-state index >= 15 is 0 Å². The van der Waals surface area contributed by atoms with Crippen LogP contribution in [0.4, 0.5) is 18.9 Å². The van der Waals surface area contributed by atoms with Crippen molar-refractivity contribution in [2.45, 2.75) is 32.9 Å². The number of hydrogen-bond acceptors (Lipinski definition) is 5. The number of anilines is 1. The second-order valence-corrected chi connectivity index (χ2v) is 8.24. The Labute approximate surface area is 190 Å². The van der Waals surface area contributed by atoms with Gasteiger partial charge in [-0.1, -0.05) is 29.4 Å². The van der Waals surface area contributed by atoms with E-state index in [-0.39, 0.29) is 30.5 Å². The lowest BCUT2D eigenvalue weighted by Crippen LogP contribution is -2.49. The number of carbonyl (C=O) groups excluding carboxylic acids is 1. The maximum Gasteiger partial charge on any atom is 0.416 e. The molecule has 0 spiro atoms. The Bertz CT molecular complexity index is 1120. The molecule has 1 aliphatic heterocycles. The molecule has 1 saturated heterocycles. The molecule has 0 N–H and O–H groups in total. The van der Waals surface area contributed by atoms with E-state index in [4.69, 9.17) is 4.52 Å². The second-order valence-electron chi connectivity index (χ2n) is 8.24. The summed E-state index contributed by atoms with van der Waals surface area (Å²) in [6.45, 7) is 7.00. The van der Waals surface area contributed by atoms with Crippen LogP contribution < -0.4 is 4.90 Å². The molecule has 0 atom stereocenters. The highest BCUT2D eigenvalue weighted by molar-refractivity contribution is 5.76. The highest BCUT2D eigenvalue weighted by atomic mass is 19.4. The first kappa shape index (κ1) is 22.8. The predicted octanol–water partition coefficient (Wildman–Crippen LogP) is 4.65. The Hall–Kier alpha value is -3.36. The number of halogens is 3. The first-order chi connectivity index (χ1) is 15.7. The summed E-state index contributed by atoms with van der Waals surface area (Å²) in [6.07, 6.45) is -3.88. The molecule has 0 aliphatic carbocycles. The quantitative estimate of drug-likeness (QED) is 0.557. The summed E-state index contributed by atoms with van der Waals surface area (Å²) in [5, 5.41) is 3.83. The third kappa shape index (κ3) is 5.35. The molecule has 2 heterocycles. The summed E-state index contributed by atoms with van der Waals surface area (Å²) in [7, 11) is 0. The second kappa shape index (κ2) is 9.25. The van der Waals surface area contributed by atoms with E-state index in [1.165, 1.54) is 28.9 Å². The van der Waals surface area contributed by atoms with Crippen LogP contribution in [0.5, 0.6) is 0 Å². The Morgan fingerprint density at radius 1 is 1.03 bits per heavy atom.